The van der Waals surface area contributed by atoms with Crippen molar-refractivity contribution in [1.82, 2.24) is 0 Å². The Morgan fingerprint density at radius 2 is 0.931 bits per heavy atom. The van der Waals surface area contributed by atoms with Gasteiger partial charge in [-0.3, -0.25) is 0 Å². The first kappa shape index (κ1) is 20.0. The fourth-order valence-electron chi connectivity index (χ4n) is 2.68. The molecule has 0 unspecified atom stereocenters. The van der Waals surface area contributed by atoms with Crippen molar-refractivity contribution >= 4 is 23.5 Å². The molecule has 0 heterocycles. The van der Waals surface area contributed by atoms with Gasteiger partial charge in [0.2, 0.25) is 0 Å². The Morgan fingerprint density at radius 1 is 0.517 bits per heavy atom. The summed E-state index contributed by atoms with van der Waals surface area (Å²) in [7, 11) is 1.68. The van der Waals surface area contributed by atoms with Gasteiger partial charge in [0.25, 0.3) is 0 Å². The van der Waals surface area contributed by atoms with Crippen molar-refractivity contribution < 1.29 is 4.74 Å². The van der Waals surface area contributed by atoms with E-state index in [9.17, 15) is 0 Å². The predicted molar refractivity (Wildman–Crippen MR) is 125 cm³/mol. The van der Waals surface area contributed by atoms with Gasteiger partial charge in [0.15, 0.2) is 0 Å². The zero-order chi connectivity index (χ0) is 20.2. The topological polar surface area (TPSA) is 21.3 Å². The number of para-hydroxylation sites is 2. The lowest BCUT2D eigenvalue weighted by atomic mass is 10.1. The summed E-state index contributed by atoms with van der Waals surface area (Å²) in [5.74, 6) is 0.886. The second-order valence-electron chi connectivity index (χ2n) is 6.37. The van der Waals surface area contributed by atoms with Gasteiger partial charge < -0.3 is 10.1 Å². The second kappa shape index (κ2) is 11.2. The Morgan fingerprint density at radius 3 is 1.38 bits per heavy atom. The van der Waals surface area contributed by atoms with Crippen LogP contribution in [-0.2, 0) is 0 Å². The maximum absolute atomic E-state index is 5.11. The van der Waals surface area contributed by atoms with Gasteiger partial charge in [-0.15, -0.1) is 0 Å². The van der Waals surface area contributed by atoms with Crippen molar-refractivity contribution in [3.05, 3.63) is 126 Å². The lowest BCUT2D eigenvalue weighted by Gasteiger charge is -2.04. The summed E-state index contributed by atoms with van der Waals surface area (Å²) in [6.07, 6.45) is 4.19. The molecule has 4 aromatic rings. The average Bonchev–Trinajstić information content (AvgIpc) is 2.80. The fourth-order valence-corrected chi connectivity index (χ4v) is 2.68. The molecule has 1 N–H and O–H groups in total. The van der Waals surface area contributed by atoms with Gasteiger partial charge in [-0.25, -0.2) is 0 Å². The zero-order valence-electron chi connectivity index (χ0n) is 16.5. The van der Waals surface area contributed by atoms with Crippen LogP contribution in [0.15, 0.2) is 115 Å². The molecule has 0 amide bonds. The van der Waals surface area contributed by atoms with Gasteiger partial charge in [-0.2, -0.15) is 0 Å². The van der Waals surface area contributed by atoms with E-state index in [0.717, 1.165) is 17.1 Å². The smallest absolute Gasteiger partial charge is 0.118 e. The molecule has 0 aliphatic rings. The van der Waals surface area contributed by atoms with Crippen LogP contribution in [0.25, 0.3) is 12.2 Å². The molecule has 29 heavy (non-hydrogen) atoms. The van der Waals surface area contributed by atoms with E-state index in [1.165, 1.54) is 11.1 Å². The highest BCUT2D eigenvalue weighted by atomic mass is 16.5. The number of anilines is 2. The van der Waals surface area contributed by atoms with E-state index in [-0.39, 0.29) is 0 Å². The molecule has 0 aliphatic carbocycles. The van der Waals surface area contributed by atoms with Gasteiger partial charge in [0, 0.05) is 11.4 Å². The molecule has 4 rings (SSSR count). The predicted octanol–water partition coefficient (Wildman–Crippen LogP) is 7.30. The minimum atomic E-state index is 0.886. The number of hydrogen-bond acceptors (Lipinski definition) is 2. The van der Waals surface area contributed by atoms with Crippen LogP contribution in [0.5, 0.6) is 5.75 Å². The molecule has 0 atom stereocenters. The second-order valence-corrected chi connectivity index (χ2v) is 6.37. The molecular weight excluding hydrogens is 354 g/mol. The van der Waals surface area contributed by atoms with Crippen molar-refractivity contribution in [2.45, 2.75) is 0 Å². The molecule has 2 nitrogen and oxygen atoms in total. The maximum atomic E-state index is 5.11. The van der Waals surface area contributed by atoms with Crippen LogP contribution >= 0.6 is 0 Å². The molecule has 0 radical (unpaired) electrons. The van der Waals surface area contributed by atoms with E-state index in [4.69, 9.17) is 4.74 Å². The highest BCUT2D eigenvalue weighted by Crippen LogP contribution is 2.15. The molecule has 144 valence electrons. The van der Waals surface area contributed by atoms with Crippen LogP contribution in [-0.4, -0.2) is 7.11 Å². The van der Waals surface area contributed by atoms with E-state index in [1.54, 1.807) is 7.11 Å². The van der Waals surface area contributed by atoms with Crippen LogP contribution in [0.4, 0.5) is 11.4 Å². The highest BCUT2D eigenvalue weighted by molar-refractivity contribution is 5.69. The number of rotatable bonds is 5. The van der Waals surface area contributed by atoms with Crippen molar-refractivity contribution in [2.24, 2.45) is 0 Å². The molecule has 0 fully saturated rings. The number of ether oxygens (including phenoxy) is 1. The molecule has 0 aromatic heterocycles. The lowest BCUT2D eigenvalue weighted by Crippen LogP contribution is -1.87. The van der Waals surface area contributed by atoms with E-state index in [1.807, 2.05) is 103 Å². The van der Waals surface area contributed by atoms with Crippen molar-refractivity contribution in [3.63, 3.8) is 0 Å². The molecule has 0 aliphatic heterocycles. The van der Waals surface area contributed by atoms with Gasteiger partial charge >= 0.3 is 0 Å². The van der Waals surface area contributed by atoms with Crippen LogP contribution in [0.2, 0.25) is 0 Å². The van der Waals surface area contributed by atoms with E-state index < -0.39 is 0 Å². The minimum Gasteiger partial charge on any atom is -0.497 e. The lowest BCUT2D eigenvalue weighted by molar-refractivity contribution is 0.415. The molecule has 0 bridgehead atoms. The van der Waals surface area contributed by atoms with Crippen molar-refractivity contribution in [2.75, 3.05) is 12.4 Å². The SMILES string of the molecule is COc1ccc(C=Cc2ccccc2)cc1.c1ccc(Nc2ccccc2)cc1. The van der Waals surface area contributed by atoms with Gasteiger partial charge in [-0.05, 0) is 47.5 Å². The van der Waals surface area contributed by atoms with E-state index in [2.05, 4.69) is 29.6 Å². The van der Waals surface area contributed by atoms with Gasteiger partial charge in [-0.1, -0.05) is 91.0 Å². The van der Waals surface area contributed by atoms with Crippen molar-refractivity contribution in [3.8, 4) is 5.75 Å². The summed E-state index contributed by atoms with van der Waals surface area (Å²) in [4.78, 5) is 0. The van der Waals surface area contributed by atoms with Crippen LogP contribution in [0.1, 0.15) is 11.1 Å². The Hall–Kier alpha value is -3.78. The van der Waals surface area contributed by atoms with Gasteiger partial charge in [0.05, 0.1) is 7.11 Å². The summed E-state index contributed by atoms with van der Waals surface area (Å²) < 4.78 is 5.11. The summed E-state index contributed by atoms with van der Waals surface area (Å²) in [5.41, 5.74) is 4.62. The monoisotopic (exact) mass is 379 g/mol. The standard InChI is InChI=1S/C15H14O.C12H11N/c1-16-15-11-9-14(10-12-15)8-7-13-5-3-2-4-6-13;1-3-7-11(8-4-1)13-12-9-5-2-6-10-12/h2-12H,1H3;1-10,13H. The van der Waals surface area contributed by atoms with Crippen molar-refractivity contribution in [1.29, 1.82) is 0 Å². The Kier molecular flexibility index (Phi) is 7.68. The first-order chi connectivity index (χ1) is 14.3. The summed E-state index contributed by atoms with van der Waals surface area (Å²) in [5, 5.41) is 3.30. The fraction of sp³-hybridized carbons (Fsp3) is 0.0370. The Bertz CT molecular complexity index is 941. The molecule has 0 saturated heterocycles. The van der Waals surface area contributed by atoms with Crippen LogP contribution in [0, 0.1) is 0 Å². The normalized spacial score (nSPS) is 10.1. The molecular formula is C27H25NO. The minimum absolute atomic E-state index is 0.886. The van der Waals surface area contributed by atoms with E-state index >= 15 is 0 Å². The number of methoxy groups -OCH3 is 1. The molecule has 0 saturated carbocycles. The van der Waals surface area contributed by atoms with Crippen LogP contribution in [0.3, 0.4) is 0 Å². The molecule has 2 heteroatoms. The maximum Gasteiger partial charge on any atom is 0.118 e. The summed E-state index contributed by atoms with van der Waals surface area (Å²) in [6, 6.07) is 38.6. The van der Waals surface area contributed by atoms with Gasteiger partial charge in [0.1, 0.15) is 5.75 Å². The average molecular weight is 380 g/mol. The van der Waals surface area contributed by atoms with Crippen LogP contribution < -0.4 is 10.1 Å². The quantitative estimate of drug-likeness (QED) is 0.367. The Balaban J connectivity index is 0.000000169. The summed E-state index contributed by atoms with van der Waals surface area (Å²) in [6.45, 7) is 0. The number of nitrogens with one attached hydrogen (secondary N) is 1. The largest absolute Gasteiger partial charge is 0.497 e. The molecule has 0 spiro atoms. The number of benzene rings is 4. The molecule has 4 aromatic carbocycles. The first-order valence-electron chi connectivity index (χ1n) is 9.58. The summed E-state index contributed by atoms with van der Waals surface area (Å²) >= 11 is 0. The zero-order valence-corrected chi connectivity index (χ0v) is 16.5. The number of hydrogen-bond donors (Lipinski definition) is 1. The highest BCUT2D eigenvalue weighted by Gasteiger charge is 1.91. The van der Waals surface area contributed by atoms with E-state index in [0.29, 0.717) is 0 Å². The Labute approximate surface area is 173 Å². The first-order valence-corrected chi connectivity index (χ1v) is 9.58. The third-order valence-electron chi connectivity index (χ3n) is 4.22. The third kappa shape index (κ3) is 7.04. The third-order valence-corrected chi connectivity index (χ3v) is 4.22.